The molecule has 0 aliphatic carbocycles. The van der Waals surface area contributed by atoms with Gasteiger partial charge in [-0.3, -0.25) is 4.79 Å². The van der Waals surface area contributed by atoms with Gasteiger partial charge in [-0.05, 0) is 36.6 Å². The molecule has 0 bridgehead atoms. The Hall–Kier alpha value is -2.64. The van der Waals surface area contributed by atoms with Crippen molar-refractivity contribution in [3.05, 3.63) is 75.4 Å². The summed E-state index contributed by atoms with van der Waals surface area (Å²) in [6.45, 7) is 3.52. The Balaban J connectivity index is 2.00. The largest absolute Gasteiger partial charge is 0.472 e. The molecule has 8 heteroatoms. The van der Waals surface area contributed by atoms with Crippen molar-refractivity contribution in [1.29, 1.82) is 0 Å². The van der Waals surface area contributed by atoms with E-state index >= 15 is 0 Å². The zero-order valence-corrected chi connectivity index (χ0v) is 18.1. The van der Waals surface area contributed by atoms with E-state index in [1.165, 1.54) is 16.9 Å². The number of rotatable bonds is 6. The molecule has 0 N–H and O–H groups in total. The van der Waals surface area contributed by atoms with Crippen LogP contribution in [-0.4, -0.2) is 30.2 Å². The van der Waals surface area contributed by atoms with Crippen LogP contribution in [0.5, 0.6) is 5.88 Å². The molecule has 3 rings (SSSR count). The summed E-state index contributed by atoms with van der Waals surface area (Å²) in [4.78, 5) is 13.4. The molecule has 0 radical (unpaired) electrons. The second-order valence-electron chi connectivity index (χ2n) is 6.87. The SMILES string of the molecule is Cc1cc(C(=O)c2cnn(C)c2OCc2ccccc2)c(Cl)c(C)c1S(C)(=O)=O. The van der Waals surface area contributed by atoms with Gasteiger partial charge in [0.15, 0.2) is 9.84 Å². The molecule has 0 fully saturated rings. The van der Waals surface area contributed by atoms with E-state index in [1.807, 2.05) is 30.3 Å². The van der Waals surface area contributed by atoms with Crippen molar-refractivity contribution in [2.24, 2.45) is 7.05 Å². The minimum atomic E-state index is -3.47. The van der Waals surface area contributed by atoms with Crippen LogP contribution >= 0.6 is 11.6 Å². The number of benzene rings is 2. The smallest absolute Gasteiger partial charge is 0.223 e. The van der Waals surface area contributed by atoms with Crippen LogP contribution in [0, 0.1) is 13.8 Å². The lowest BCUT2D eigenvalue weighted by molar-refractivity contribution is 0.103. The molecule has 0 aliphatic rings. The molecule has 0 aliphatic heterocycles. The summed E-state index contributed by atoms with van der Waals surface area (Å²) < 4.78 is 31.5. The average molecular weight is 433 g/mol. The van der Waals surface area contributed by atoms with Gasteiger partial charge in [0.2, 0.25) is 11.7 Å². The Kier molecular flexibility index (Phi) is 5.82. The predicted molar refractivity (Wildman–Crippen MR) is 111 cm³/mol. The number of hydrogen-bond donors (Lipinski definition) is 0. The highest BCUT2D eigenvalue weighted by Gasteiger charge is 2.26. The fourth-order valence-corrected chi connectivity index (χ4v) is 4.90. The van der Waals surface area contributed by atoms with Crippen molar-refractivity contribution in [1.82, 2.24) is 9.78 Å². The highest BCUT2D eigenvalue weighted by atomic mass is 35.5. The number of carbonyl (C=O) groups is 1. The van der Waals surface area contributed by atoms with Crippen molar-refractivity contribution < 1.29 is 17.9 Å². The van der Waals surface area contributed by atoms with Crippen LogP contribution < -0.4 is 4.74 Å². The molecule has 0 saturated carbocycles. The number of sulfone groups is 1. The summed E-state index contributed by atoms with van der Waals surface area (Å²) in [5.41, 5.74) is 2.25. The van der Waals surface area contributed by atoms with Crippen LogP contribution in [-0.2, 0) is 23.5 Å². The molecule has 0 saturated heterocycles. The molecule has 6 nitrogen and oxygen atoms in total. The first-order valence-electron chi connectivity index (χ1n) is 8.84. The lowest BCUT2D eigenvalue weighted by atomic mass is 10.0. The molecule has 3 aromatic rings. The maximum Gasteiger partial charge on any atom is 0.223 e. The molecule has 152 valence electrons. The first-order chi connectivity index (χ1) is 13.6. The summed E-state index contributed by atoms with van der Waals surface area (Å²) in [5, 5.41) is 4.25. The van der Waals surface area contributed by atoms with Gasteiger partial charge in [0.05, 0.1) is 16.1 Å². The van der Waals surface area contributed by atoms with Gasteiger partial charge in [0.25, 0.3) is 0 Å². The van der Waals surface area contributed by atoms with E-state index in [9.17, 15) is 13.2 Å². The first-order valence-corrected chi connectivity index (χ1v) is 11.1. The highest BCUT2D eigenvalue weighted by molar-refractivity contribution is 7.90. The Morgan fingerprint density at radius 1 is 1.17 bits per heavy atom. The van der Waals surface area contributed by atoms with E-state index in [1.54, 1.807) is 20.9 Å². The molecule has 1 heterocycles. The Morgan fingerprint density at radius 3 is 2.45 bits per heavy atom. The molecule has 1 aromatic heterocycles. The minimum absolute atomic E-state index is 0.110. The zero-order valence-electron chi connectivity index (χ0n) is 16.6. The summed E-state index contributed by atoms with van der Waals surface area (Å²) in [6.07, 6.45) is 2.55. The van der Waals surface area contributed by atoms with Gasteiger partial charge in [-0.15, -0.1) is 0 Å². The monoisotopic (exact) mass is 432 g/mol. The Bertz CT molecular complexity index is 1190. The van der Waals surface area contributed by atoms with Crippen LogP contribution in [0.2, 0.25) is 5.02 Å². The van der Waals surface area contributed by atoms with Crippen molar-refractivity contribution in [3.8, 4) is 5.88 Å². The normalized spacial score (nSPS) is 11.5. The van der Waals surface area contributed by atoms with Gasteiger partial charge in [-0.25, -0.2) is 13.1 Å². The fraction of sp³-hybridized carbons (Fsp3) is 0.238. The molecule has 0 spiro atoms. The molecular weight excluding hydrogens is 412 g/mol. The number of hydrogen-bond acceptors (Lipinski definition) is 5. The number of aryl methyl sites for hydroxylation is 2. The van der Waals surface area contributed by atoms with Gasteiger partial charge in [0, 0.05) is 18.9 Å². The minimum Gasteiger partial charge on any atom is -0.472 e. The van der Waals surface area contributed by atoms with E-state index in [4.69, 9.17) is 16.3 Å². The highest BCUT2D eigenvalue weighted by Crippen LogP contribution is 2.33. The third-order valence-corrected chi connectivity index (χ3v) is 6.44. The molecule has 2 aromatic carbocycles. The number of nitrogens with zero attached hydrogens (tertiary/aromatic N) is 2. The van der Waals surface area contributed by atoms with Crippen molar-refractivity contribution >= 4 is 27.2 Å². The van der Waals surface area contributed by atoms with Gasteiger partial charge < -0.3 is 4.74 Å². The summed E-state index contributed by atoms with van der Waals surface area (Å²) in [6, 6.07) is 11.1. The zero-order chi connectivity index (χ0) is 21.3. The van der Waals surface area contributed by atoms with Crippen LogP contribution in [0.3, 0.4) is 0 Å². The summed E-state index contributed by atoms with van der Waals surface area (Å²) in [7, 11) is -1.79. The Morgan fingerprint density at radius 2 is 1.83 bits per heavy atom. The summed E-state index contributed by atoms with van der Waals surface area (Å²) >= 11 is 6.40. The average Bonchev–Trinajstić information content (AvgIpc) is 3.02. The van der Waals surface area contributed by atoms with Crippen LogP contribution in [0.1, 0.15) is 32.6 Å². The Labute approximate surface area is 175 Å². The predicted octanol–water partition coefficient (Wildman–Crippen LogP) is 3.90. The quantitative estimate of drug-likeness (QED) is 0.552. The van der Waals surface area contributed by atoms with E-state index in [2.05, 4.69) is 5.10 Å². The van der Waals surface area contributed by atoms with Gasteiger partial charge in [-0.2, -0.15) is 5.10 Å². The number of ether oxygens (including phenoxy) is 1. The van der Waals surface area contributed by atoms with E-state index in [-0.39, 0.29) is 33.4 Å². The van der Waals surface area contributed by atoms with Gasteiger partial charge >= 0.3 is 0 Å². The van der Waals surface area contributed by atoms with Crippen molar-refractivity contribution in [3.63, 3.8) is 0 Å². The van der Waals surface area contributed by atoms with Crippen molar-refractivity contribution in [2.45, 2.75) is 25.3 Å². The molecule has 0 unspecified atom stereocenters. The molecule has 0 atom stereocenters. The second-order valence-corrected chi connectivity index (χ2v) is 9.20. The van der Waals surface area contributed by atoms with Crippen LogP contribution in [0.15, 0.2) is 47.5 Å². The van der Waals surface area contributed by atoms with Crippen molar-refractivity contribution in [2.75, 3.05) is 6.26 Å². The molecule has 29 heavy (non-hydrogen) atoms. The maximum absolute atomic E-state index is 13.2. The first kappa shape index (κ1) is 21.1. The fourth-order valence-electron chi connectivity index (χ4n) is 3.30. The van der Waals surface area contributed by atoms with E-state index in [0.717, 1.165) is 11.8 Å². The third-order valence-electron chi connectivity index (χ3n) is 4.59. The van der Waals surface area contributed by atoms with E-state index < -0.39 is 9.84 Å². The second kappa shape index (κ2) is 8.00. The number of ketones is 1. The standard InChI is InChI=1S/C21H21ClN2O4S/c1-13-10-16(18(22)14(2)20(13)29(4,26)27)19(25)17-11-23-24(3)21(17)28-12-15-8-6-5-7-9-15/h5-11H,12H2,1-4H3. The molecule has 0 amide bonds. The number of halogens is 1. The number of aromatic nitrogens is 2. The third kappa shape index (κ3) is 4.21. The topological polar surface area (TPSA) is 78.3 Å². The lowest BCUT2D eigenvalue weighted by Gasteiger charge is -2.14. The van der Waals surface area contributed by atoms with Gasteiger partial charge in [0.1, 0.15) is 12.2 Å². The maximum atomic E-state index is 13.2. The van der Waals surface area contributed by atoms with Crippen LogP contribution in [0.25, 0.3) is 0 Å². The molecular formula is C21H21ClN2O4S. The van der Waals surface area contributed by atoms with Crippen LogP contribution in [0.4, 0.5) is 0 Å². The lowest BCUT2D eigenvalue weighted by Crippen LogP contribution is -2.10. The summed E-state index contributed by atoms with van der Waals surface area (Å²) in [5.74, 6) is -0.0603. The van der Waals surface area contributed by atoms with E-state index in [0.29, 0.717) is 17.0 Å². The van der Waals surface area contributed by atoms with Gasteiger partial charge in [-0.1, -0.05) is 41.9 Å². The number of carbonyl (C=O) groups excluding carboxylic acids is 1.